The number of fused-ring (bicyclic) bond motifs is 1. The first-order valence-electron chi connectivity index (χ1n) is 3.88. The molecule has 0 unspecified atom stereocenters. The van der Waals surface area contributed by atoms with Gasteiger partial charge in [0, 0.05) is 5.56 Å². The number of rotatable bonds is 2. The van der Waals surface area contributed by atoms with E-state index in [0.29, 0.717) is 5.56 Å². The standard InChI is InChI=1S/C9H8N2OS/c10-4-8(12)6-2-1-3-7-9(6)13-5-11-7/h1-3,5H,4,10H2. The molecule has 3 nitrogen and oxygen atoms in total. The third kappa shape index (κ3) is 1.34. The second-order valence-electron chi connectivity index (χ2n) is 2.63. The van der Waals surface area contributed by atoms with Crippen LogP contribution in [-0.4, -0.2) is 17.3 Å². The van der Waals surface area contributed by atoms with Crippen molar-refractivity contribution in [3.05, 3.63) is 29.3 Å². The van der Waals surface area contributed by atoms with E-state index >= 15 is 0 Å². The lowest BCUT2D eigenvalue weighted by Gasteiger charge is -1.97. The number of ketones is 1. The Hall–Kier alpha value is -1.26. The molecule has 0 bridgehead atoms. The van der Waals surface area contributed by atoms with Crippen LogP contribution < -0.4 is 5.73 Å². The maximum Gasteiger partial charge on any atom is 0.177 e. The summed E-state index contributed by atoms with van der Waals surface area (Å²) in [6, 6.07) is 5.50. The van der Waals surface area contributed by atoms with Gasteiger partial charge in [-0.05, 0) is 12.1 Å². The minimum atomic E-state index is -0.0325. The average Bonchev–Trinajstić information content (AvgIpc) is 2.63. The molecule has 0 saturated heterocycles. The summed E-state index contributed by atoms with van der Waals surface area (Å²) >= 11 is 1.47. The molecule has 0 aliphatic heterocycles. The van der Waals surface area contributed by atoms with Crippen molar-refractivity contribution < 1.29 is 4.79 Å². The van der Waals surface area contributed by atoms with Crippen molar-refractivity contribution in [3.63, 3.8) is 0 Å². The van der Waals surface area contributed by atoms with Crippen LogP contribution in [0.25, 0.3) is 10.2 Å². The fraction of sp³-hybridized carbons (Fsp3) is 0.111. The van der Waals surface area contributed by atoms with Crippen molar-refractivity contribution in [1.29, 1.82) is 0 Å². The van der Waals surface area contributed by atoms with Crippen LogP contribution in [-0.2, 0) is 0 Å². The molecule has 0 spiro atoms. The summed E-state index contributed by atoms with van der Waals surface area (Å²) in [6.07, 6.45) is 0. The topological polar surface area (TPSA) is 56.0 Å². The number of Topliss-reactive ketones (excluding diaryl/α,β-unsaturated/α-hetero) is 1. The van der Waals surface area contributed by atoms with Gasteiger partial charge in [0.05, 0.1) is 22.3 Å². The van der Waals surface area contributed by atoms with Crippen molar-refractivity contribution in [1.82, 2.24) is 4.98 Å². The van der Waals surface area contributed by atoms with E-state index in [-0.39, 0.29) is 12.3 Å². The normalized spacial score (nSPS) is 10.5. The molecule has 0 fully saturated rings. The van der Waals surface area contributed by atoms with Crippen LogP contribution in [0.5, 0.6) is 0 Å². The van der Waals surface area contributed by atoms with Crippen LogP contribution in [0.15, 0.2) is 23.7 Å². The fourth-order valence-corrected chi connectivity index (χ4v) is 2.04. The van der Waals surface area contributed by atoms with Crippen LogP contribution in [0.1, 0.15) is 10.4 Å². The van der Waals surface area contributed by atoms with Crippen LogP contribution in [0.2, 0.25) is 0 Å². The van der Waals surface area contributed by atoms with Crippen LogP contribution in [0, 0.1) is 0 Å². The molecule has 1 aromatic carbocycles. The van der Waals surface area contributed by atoms with Gasteiger partial charge in [-0.3, -0.25) is 4.79 Å². The first kappa shape index (κ1) is 8.34. The van der Waals surface area contributed by atoms with Gasteiger partial charge in [0.2, 0.25) is 0 Å². The Morgan fingerprint density at radius 1 is 1.54 bits per heavy atom. The molecule has 0 saturated carbocycles. The van der Waals surface area contributed by atoms with Crippen molar-refractivity contribution in [2.24, 2.45) is 5.73 Å². The van der Waals surface area contributed by atoms with Gasteiger partial charge >= 0.3 is 0 Å². The van der Waals surface area contributed by atoms with Gasteiger partial charge in [0.15, 0.2) is 5.78 Å². The Balaban J connectivity index is 2.67. The maximum absolute atomic E-state index is 11.4. The van der Waals surface area contributed by atoms with Crippen LogP contribution in [0.3, 0.4) is 0 Å². The highest BCUT2D eigenvalue weighted by molar-refractivity contribution is 7.17. The second kappa shape index (κ2) is 3.24. The molecule has 0 aliphatic carbocycles. The molecule has 1 heterocycles. The molecule has 0 aliphatic rings. The van der Waals surface area contributed by atoms with Gasteiger partial charge in [-0.25, -0.2) is 4.98 Å². The minimum absolute atomic E-state index is 0.0325. The smallest absolute Gasteiger partial charge is 0.177 e. The molecular weight excluding hydrogens is 184 g/mol. The van der Waals surface area contributed by atoms with Gasteiger partial charge in [0.1, 0.15) is 0 Å². The van der Waals surface area contributed by atoms with E-state index in [2.05, 4.69) is 4.98 Å². The molecule has 2 N–H and O–H groups in total. The van der Waals surface area contributed by atoms with Gasteiger partial charge in [-0.1, -0.05) is 6.07 Å². The summed E-state index contributed by atoms with van der Waals surface area (Å²) in [4.78, 5) is 15.5. The summed E-state index contributed by atoms with van der Waals surface area (Å²) in [5, 5.41) is 0. The highest BCUT2D eigenvalue weighted by Crippen LogP contribution is 2.22. The van der Waals surface area contributed by atoms with Gasteiger partial charge in [-0.15, -0.1) is 11.3 Å². The molecule has 1 aromatic heterocycles. The van der Waals surface area contributed by atoms with E-state index in [1.54, 1.807) is 11.6 Å². The summed E-state index contributed by atoms with van der Waals surface area (Å²) < 4.78 is 0.929. The van der Waals surface area contributed by atoms with Crippen molar-refractivity contribution in [2.75, 3.05) is 6.54 Å². The highest BCUT2D eigenvalue weighted by Gasteiger charge is 2.08. The molecule has 13 heavy (non-hydrogen) atoms. The van der Waals surface area contributed by atoms with Crippen molar-refractivity contribution in [3.8, 4) is 0 Å². The lowest BCUT2D eigenvalue weighted by Crippen LogP contribution is -2.13. The Bertz CT molecular complexity index is 450. The number of aromatic nitrogens is 1. The molecule has 2 rings (SSSR count). The van der Waals surface area contributed by atoms with E-state index in [0.717, 1.165) is 10.2 Å². The number of nitrogens with two attached hydrogens (primary N) is 1. The third-order valence-electron chi connectivity index (χ3n) is 1.84. The second-order valence-corrected chi connectivity index (χ2v) is 3.49. The average molecular weight is 192 g/mol. The quantitative estimate of drug-likeness (QED) is 0.732. The zero-order valence-corrected chi connectivity index (χ0v) is 7.67. The maximum atomic E-state index is 11.4. The number of benzene rings is 1. The zero-order valence-electron chi connectivity index (χ0n) is 6.86. The van der Waals surface area contributed by atoms with E-state index in [4.69, 9.17) is 5.73 Å². The van der Waals surface area contributed by atoms with Crippen LogP contribution in [0.4, 0.5) is 0 Å². The third-order valence-corrected chi connectivity index (χ3v) is 2.72. The molecule has 0 radical (unpaired) electrons. The molecular formula is C9H8N2OS. The molecule has 0 amide bonds. The van der Waals surface area contributed by atoms with E-state index in [1.165, 1.54) is 11.3 Å². The zero-order chi connectivity index (χ0) is 9.26. The van der Waals surface area contributed by atoms with E-state index in [9.17, 15) is 4.79 Å². The molecule has 0 atom stereocenters. The van der Waals surface area contributed by atoms with E-state index < -0.39 is 0 Å². The van der Waals surface area contributed by atoms with Gasteiger partial charge < -0.3 is 5.73 Å². The summed E-state index contributed by atoms with van der Waals surface area (Å²) in [5.41, 5.74) is 8.58. The molecule has 4 heteroatoms. The van der Waals surface area contributed by atoms with Gasteiger partial charge in [-0.2, -0.15) is 0 Å². The summed E-state index contributed by atoms with van der Waals surface area (Å²) in [6.45, 7) is 0.0526. The van der Waals surface area contributed by atoms with Crippen molar-refractivity contribution in [2.45, 2.75) is 0 Å². The monoisotopic (exact) mass is 192 g/mol. The lowest BCUT2D eigenvalue weighted by molar-refractivity contribution is 0.100. The Morgan fingerprint density at radius 2 is 2.38 bits per heavy atom. The highest BCUT2D eigenvalue weighted by atomic mass is 32.1. The first-order chi connectivity index (χ1) is 6.33. The van der Waals surface area contributed by atoms with Crippen molar-refractivity contribution >= 4 is 27.3 Å². The number of nitrogens with zero attached hydrogens (tertiary/aromatic N) is 1. The van der Waals surface area contributed by atoms with Crippen LogP contribution >= 0.6 is 11.3 Å². The minimum Gasteiger partial charge on any atom is -0.324 e. The fourth-order valence-electron chi connectivity index (χ4n) is 1.22. The van der Waals surface area contributed by atoms with E-state index in [1.807, 2.05) is 12.1 Å². The predicted molar refractivity (Wildman–Crippen MR) is 53.0 cm³/mol. The number of carbonyl (C=O) groups excluding carboxylic acids is 1. The molecule has 2 aromatic rings. The lowest BCUT2D eigenvalue weighted by atomic mass is 10.1. The Labute approximate surface area is 79.2 Å². The molecule has 66 valence electrons. The Morgan fingerprint density at radius 3 is 3.15 bits per heavy atom. The number of hydrogen-bond donors (Lipinski definition) is 1. The number of carbonyl (C=O) groups is 1. The Kier molecular flexibility index (Phi) is 2.08. The predicted octanol–water partition coefficient (Wildman–Crippen LogP) is 1.44. The first-order valence-corrected chi connectivity index (χ1v) is 4.76. The summed E-state index contributed by atoms with van der Waals surface area (Å²) in [7, 11) is 0. The summed E-state index contributed by atoms with van der Waals surface area (Å²) in [5.74, 6) is -0.0325. The SMILES string of the molecule is NCC(=O)c1cccc2ncsc12. The number of hydrogen-bond acceptors (Lipinski definition) is 4. The largest absolute Gasteiger partial charge is 0.324 e. The number of thiazole rings is 1. The van der Waals surface area contributed by atoms with Gasteiger partial charge in [0.25, 0.3) is 0 Å².